The van der Waals surface area contributed by atoms with Crippen LogP contribution in [0.1, 0.15) is 29.4 Å². The molecule has 32 heavy (non-hydrogen) atoms. The Hall–Kier alpha value is -4.03. The van der Waals surface area contributed by atoms with E-state index in [1.165, 1.54) is 11.0 Å². The first kappa shape index (κ1) is 22.7. The van der Waals surface area contributed by atoms with E-state index < -0.39 is 11.5 Å². The highest BCUT2D eigenvalue weighted by Gasteiger charge is 2.17. The van der Waals surface area contributed by atoms with Crippen molar-refractivity contribution in [2.75, 3.05) is 13.6 Å². The van der Waals surface area contributed by atoms with Crippen molar-refractivity contribution < 1.29 is 14.7 Å². The molecule has 1 unspecified atom stereocenters. The normalized spacial score (nSPS) is 12.4. The molecule has 1 aromatic carbocycles. The van der Waals surface area contributed by atoms with Crippen LogP contribution in [0.3, 0.4) is 0 Å². The molecule has 3 N–H and O–H groups in total. The summed E-state index contributed by atoms with van der Waals surface area (Å²) in [6.45, 7) is 1.98. The summed E-state index contributed by atoms with van der Waals surface area (Å²) in [6.07, 6.45) is 4.29. The number of aliphatic hydroxyl groups is 1. The fraction of sp³-hybridized carbons (Fsp3) is 0.261. The van der Waals surface area contributed by atoms with Crippen LogP contribution in [0.25, 0.3) is 22.8 Å². The second-order valence-electron chi connectivity index (χ2n) is 7.66. The van der Waals surface area contributed by atoms with E-state index in [4.69, 9.17) is 5.73 Å². The van der Waals surface area contributed by atoms with E-state index in [1.54, 1.807) is 55.3 Å². The zero-order valence-corrected chi connectivity index (χ0v) is 18.1. The molecule has 0 aliphatic carbocycles. The molecule has 3 rings (SSSR count). The van der Waals surface area contributed by atoms with Crippen molar-refractivity contribution in [3.8, 4) is 34.6 Å². The van der Waals surface area contributed by atoms with Gasteiger partial charge < -0.3 is 20.3 Å². The van der Waals surface area contributed by atoms with Crippen LogP contribution >= 0.6 is 0 Å². The van der Waals surface area contributed by atoms with Gasteiger partial charge in [-0.25, -0.2) is 15.0 Å². The van der Waals surface area contributed by atoms with Gasteiger partial charge in [-0.1, -0.05) is 24.0 Å². The van der Waals surface area contributed by atoms with Gasteiger partial charge in [0.1, 0.15) is 11.3 Å². The molecule has 0 saturated heterocycles. The summed E-state index contributed by atoms with van der Waals surface area (Å²) in [7, 11) is 3.46. The summed E-state index contributed by atoms with van der Waals surface area (Å²) in [5, 5.41) is 10.5. The number of aryl methyl sites for hydroxylation is 1. The zero-order chi connectivity index (χ0) is 23.3. The van der Waals surface area contributed by atoms with Gasteiger partial charge in [-0.2, -0.15) is 0 Å². The number of hydrogen-bond acceptors (Lipinski definition) is 6. The maximum atomic E-state index is 11.8. The molecular formula is C23H24N6O3. The lowest BCUT2D eigenvalue weighted by Gasteiger charge is -2.19. The Bertz CT molecular complexity index is 1210. The standard InChI is InChI=1S/C23H24N6O3/c1-23(32,9-10-28(2)15-30)8-7-16-5-4-6-17(11-16)22-26-18(12-19(27-22)21(24)31)20-13-25-14-29(20)3/h4-6,11-15,32H,9-10H2,1-3H3,(H2,24,31). The second kappa shape index (κ2) is 9.41. The number of nitrogens with two attached hydrogens (primary N) is 1. The summed E-state index contributed by atoms with van der Waals surface area (Å²) in [6, 6.07) is 8.69. The van der Waals surface area contributed by atoms with Gasteiger partial charge in [0.15, 0.2) is 5.82 Å². The van der Waals surface area contributed by atoms with Crippen LogP contribution in [0, 0.1) is 11.8 Å². The molecule has 9 heteroatoms. The number of hydrogen-bond donors (Lipinski definition) is 2. The van der Waals surface area contributed by atoms with Crippen molar-refractivity contribution in [3.63, 3.8) is 0 Å². The maximum absolute atomic E-state index is 11.8. The summed E-state index contributed by atoms with van der Waals surface area (Å²) in [5.74, 6) is 5.46. The van der Waals surface area contributed by atoms with E-state index >= 15 is 0 Å². The van der Waals surface area contributed by atoms with Crippen LogP contribution < -0.4 is 5.73 Å². The first-order valence-corrected chi connectivity index (χ1v) is 9.85. The summed E-state index contributed by atoms with van der Waals surface area (Å²) in [5.41, 5.74) is 6.82. The Morgan fingerprint density at radius 1 is 1.34 bits per heavy atom. The molecule has 2 heterocycles. The number of primary amides is 1. The molecule has 3 aromatic rings. The van der Waals surface area contributed by atoms with Crippen molar-refractivity contribution in [3.05, 3.63) is 54.1 Å². The SMILES string of the molecule is CN(C=O)CCC(C)(O)C#Cc1cccc(-c2nc(C(N)=O)cc(-c3cncn3C)n2)c1. The lowest BCUT2D eigenvalue weighted by Crippen LogP contribution is -2.29. The van der Waals surface area contributed by atoms with Crippen molar-refractivity contribution in [2.45, 2.75) is 18.9 Å². The van der Waals surface area contributed by atoms with Gasteiger partial charge in [0.05, 0.1) is 23.9 Å². The monoisotopic (exact) mass is 432 g/mol. The number of carbonyl (C=O) groups excluding carboxylic acids is 2. The average Bonchev–Trinajstić information content (AvgIpc) is 3.22. The molecule has 0 aliphatic heterocycles. The number of nitrogens with zero attached hydrogens (tertiary/aromatic N) is 5. The first-order valence-electron chi connectivity index (χ1n) is 9.85. The molecule has 164 valence electrons. The predicted octanol–water partition coefficient (Wildman–Crippen LogP) is 1.22. The zero-order valence-electron chi connectivity index (χ0n) is 18.1. The van der Waals surface area contributed by atoms with Crippen LogP contribution in [0.15, 0.2) is 42.9 Å². The van der Waals surface area contributed by atoms with Gasteiger partial charge in [0.2, 0.25) is 6.41 Å². The van der Waals surface area contributed by atoms with Crippen LogP contribution in [-0.4, -0.2) is 61.0 Å². The lowest BCUT2D eigenvalue weighted by molar-refractivity contribution is -0.117. The number of benzene rings is 1. The third kappa shape index (κ3) is 5.56. The van der Waals surface area contributed by atoms with Gasteiger partial charge >= 0.3 is 0 Å². The third-order valence-electron chi connectivity index (χ3n) is 4.79. The summed E-state index contributed by atoms with van der Waals surface area (Å²) >= 11 is 0. The molecule has 0 spiro atoms. The quantitative estimate of drug-likeness (QED) is 0.427. The van der Waals surface area contributed by atoms with E-state index in [0.29, 0.717) is 47.7 Å². The number of imidazole rings is 1. The summed E-state index contributed by atoms with van der Waals surface area (Å²) in [4.78, 5) is 37.0. The fourth-order valence-electron chi connectivity index (χ4n) is 2.89. The van der Waals surface area contributed by atoms with Crippen LogP contribution in [-0.2, 0) is 11.8 Å². The highest BCUT2D eigenvalue weighted by atomic mass is 16.3. The highest BCUT2D eigenvalue weighted by molar-refractivity contribution is 5.92. The van der Waals surface area contributed by atoms with E-state index in [0.717, 1.165) is 0 Å². The average molecular weight is 432 g/mol. The van der Waals surface area contributed by atoms with E-state index in [2.05, 4.69) is 26.8 Å². The van der Waals surface area contributed by atoms with Gasteiger partial charge in [0.25, 0.3) is 5.91 Å². The van der Waals surface area contributed by atoms with Crippen molar-refractivity contribution >= 4 is 12.3 Å². The Morgan fingerprint density at radius 3 is 2.78 bits per heavy atom. The molecule has 0 fully saturated rings. The minimum atomic E-state index is -1.26. The smallest absolute Gasteiger partial charge is 0.267 e. The second-order valence-corrected chi connectivity index (χ2v) is 7.66. The topological polar surface area (TPSA) is 127 Å². The molecule has 0 radical (unpaired) electrons. The molecule has 1 atom stereocenters. The number of amides is 2. The Labute approximate surface area is 185 Å². The molecular weight excluding hydrogens is 408 g/mol. The molecule has 9 nitrogen and oxygen atoms in total. The third-order valence-corrected chi connectivity index (χ3v) is 4.79. The maximum Gasteiger partial charge on any atom is 0.267 e. The van der Waals surface area contributed by atoms with E-state index in [-0.39, 0.29) is 5.69 Å². The Balaban J connectivity index is 1.95. The number of rotatable bonds is 7. The van der Waals surface area contributed by atoms with Gasteiger partial charge in [-0.3, -0.25) is 9.59 Å². The van der Waals surface area contributed by atoms with Gasteiger partial charge in [-0.15, -0.1) is 0 Å². The molecule has 0 aliphatic rings. The fourth-order valence-corrected chi connectivity index (χ4v) is 2.89. The molecule has 0 bridgehead atoms. The van der Waals surface area contributed by atoms with E-state index in [9.17, 15) is 14.7 Å². The van der Waals surface area contributed by atoms with Gasteiger partial charge in [0, 0.05) is 38.2 Å². The van der Waals surface area contributed by atoms with Crippen LogP contribution in [0.4, 0.5) is 0 Å². The number of aromatic nitrogens is 4. The van der Waals surface area contributed by atoms with Crippen LogP contribution in [0.2, 0.25) is 0 Å². The van der Waals surface area contributed by atoms with Crippen LogP contribution in [0.5, 0.6) is 0 Å². The largest absolute Gasteiger partial charge is 0.378 e. The van der Waals surface area contributed by atoms with Gasteiger partial charge in [-0.05, 0) is 25.1 Å². The Kier molecular flexibility index (Phi) is 6.66. The van der Waals surface area contributed by atoms with Crippen molar-refractivity contribution in [1.29, 1.82) is 0 Å². The molecule has 0 saturated carbocycles. The molecule has 2 amide bonds. The van der Waals surface area contributed by atoms with Crippen molar-refractivity contribution in [2.24, 2.45) is 12.8 Å². The van der Waals surface area contributed by atoms with Crippen molar-refractivity contribution in [1.82, 2.24) is 24.4 Å². The highest BCUT2D eigenvalue weighted by Crippen LogP contribution is 2.23. The minimum absolute atomic E-state index is 0.0879. The molecule has 2 aromatic heterocycles. The first-order chi connectivity index (χ1) is 15.2. The lowest BCUT2D eigenvalue weighted by atomic mass is 10.0. The number of carbonyl (C=O) groups is 2. The minimum Gasteiger partial charge on any atom is -0.378 e. The predicted molar refractivity (Wildman–Crippen MR) is 119 cm³/mol. The summed E-state index contributed by atoms with van der Waals surface area (Å²) < 4.78 is 1.78. The van der Waals surface area contributed by atoms with E-state index in [1.807, 2.05) is 7.05 Å². The Morgan fingerprint density at radius 2 is 2.12 bits per heavy atom.